The van der Waals surface area contributed by atoms with Gasteiger partial charge in [-0.05, 0) is 6.42 Å². The molecule has 0 bridgehead atoms. The van der Waals surface area contributed by atoms with E-state index < -0.39 is 243 Å². The minimum Gasteiger partial charge on any atom is -0.396 e. The minimum atomic E-state index is -2.77. The highest BCUT2D eigenvalue weighted by atomic mass is 31.1. The molecule has 0 aromatic carbocycles. The number of amides is 1. The molecule has 32 unspecified atom stereocenters. The second-order valence-corrected chi connectivity index (χ2v) is 21.3. The minimum absolute atomic E-state index is 0.389. The molecule has 0 spiro atoms. The SMILES string of the molecule is CCC1OC(OCC(OC2OC(CO)C(O)C(O)C2O)C2OC(OC3C(O)C(CO)OC(OC4(CO)OC(C(O)CO)C(O)C4OC4PC(CO)C(O)C(O)C4O)C3O)C(O)C(O)C2C)C(NC(C)=O)C(O)C1C. The first-order valence-electron chi connectivity index (χ1n) is 24.4. The summed E-state index contributed by atoms with van der Waals surface area (Å²) in [4.78, 5) is 12.3. The van der Waals surface area contributed by atoms with Crippen LogP contribution in [0, 0.1) is 11.8 Å². The quantitative estimate of drug-likeness (QED) is 0.0503. The molecule has 31 heteroatoms. The van der Waals surface area contributed by atoms with Crippen molar-refractivity contribution in [1.29, 1.82) is 0 Å². The third kappa shape index (κ3) is 12.7. The van der Waals surface area contributed by atoms with Gasteiger partial charge in [-0.1, -0.05) is 29.4 Å². The number of carbonyl (C=O) groups excluding carboxylic acids is 1. The van der Waals surface area contributed by atoms with E-state index in [0.29, 0.717) is 6.42 Å². The maximum atomic E-state index is 12.3. The lowest BCUT2D eigenvalue weighted by molar-refractivity contribution is -0.404. The summed E-state index contributed by atoms with van der Waals surface area (Å²) in [6, 6.07) is -1.17. The Morgan fingerprint density at radius 3 is 1.82 bits per heavy atom. The van der Waals surface area contributed by atoms with E-state index in [2.05, 4.69) is 5.32 Å². The zero-order valence-electron chi connectivity index (χ0n) is 40.8. The summed E-state index contributed by atoms with van der Waals surface area (Å²) in [5, 5.41) is 197. The zero-order valence-corrected chi connectivity index (χ0v) is 41.8. The van der Waals surface area contributed by atoms with Gasteiger partial charge in [-0.3, -0.25) is 4.79 Å². The predicted octanol–water partition coefficient (Wildman–Crippen LogP) is -10.6. The molecule has 74 heavy (non-hydrogen) atoms. The van der Waals surface area contributed by atoms with Crippen molar-refractivity contribution in [2.24, 2.45) is 11.8 Å². The highest BCUT2D eigenvalue weighted by Crippen LogP contribution is 2.46. The average Bonchev–Trinajstić information content (AvgIpc) is 3.65. The van der Waals surface area contributed by atoms with Crippen LogP contribution in [0.5, 0.6) is 0 Å². The molecule has 6 aliphatic rings. The standard InChI is InChI=1S/C43H76NO29P/c1-5-16-12(2)22(52)21(44-14(4)50)38(65-16)64-10-19(68-39-30(60)27(57)24(54)17(7-46)66-39)34-13(3)23(53)29(59)40(69-34)70-36-25(55)18(8-47)67-41(33(36)63)73-43(11-49)37(32(62)35(72-43)15(51)6-45)71-42-31(61)28(58)26(56)20(9-48)74-42/h12-13,15-42,45-49,51-63,74H,5-11H2,1-4H3,(H,44,50). The largest absolute Gasteiger partial charge is 0.396 e. The van der Waals surface area contributed by atoms with Crippen molar-refractivity contribution in [2.45, 2.75) is 211 Å². The van der Waals surface area contributed by atoms with E-state index >= 15 is 0 Å². The molecule has 0 radical (unpaired) electrons. The van der Waals surface area contributed by atoms with Crippen LogP contribution in [0.1, 0.15) is 34.1 Å². The number of hydrogen-bond donors (Lipinski definition) is 19. The molecule has 6 fully saturated rings. The van der Waals surface area contributed by atoms with Gasteiger partial charge in [-0.15, -0.1) is 0 Å². The lowest BCUT2D eigenvalue weighted by Gasteiger charge is -2.49. The molecule has 0 aliphatic carbocycles. The summed E-state index contributed by atoms with van der Waals surface area (Å²) in [7, 11) is -0.686. The number of ether oxygens (including phenoxy) is 10. The number of aliphatic hydroxyl groups is 18. The first-order chi connectivity index (χ1) is 34.9. The van der Waals surface area contributed by atoms with Crippen LogP contribution in [0.2, 0.25) is 0 Å². The van der Waals surface area contributed by atoms with Crippen LogP contribution in [0.3, 0.4) is 0 Å². The van der Waals surface area contributed by atoms with Crippen molar-refractivity contribution >= 4 is 14.5 Å². The van der Waals surface area contributed by atoms with Gasteiger partial charge < -0.3 is 145 Å². The Balaban J connectivity index is 1.30. The van der Waals surface area contributed by atoms with Gasteiger partial charge in [0.15, 0.2) is 25.2 Å². The summed E-state index contributed by atoms with van der Waals surface area (Å²) < 4.78 is 59.7. The van der Waals surface area contributed by atoms with Crippen LogP contribution < -0.4 is 5.32 Å². The van der Waals surface area contributed by atoms with Gasteiger partial charge in [-0.25, -0.2) is 0 Å². The highest BCUT2D eigenvalue weighted by molar-refractivity contribution is 7.39. The molecule has 19 N–H and O–H groups in total. The Hall–Kier alpha value is -1.22. The van der Waals surface area contributed by atoms with Crippen LogP contribution in [-0.4, -0.2) is 314 Å². The Morgan fingerprint density at radius 2 is 1.23 bits per heavy atom. The van der Waals surface area contributed by atoms with Gasteiger partial charge in [0.05, 0.1) is 63.6 Å². The van der Waals surface area contributed by atoms with Crippen LogP contribution in [-0.2, 0) is 52.2 Å². The Morgan fingerprint density at radius 1 is 0.622 bits per heavy atom. The average molecular weight is 1100 g/mol. The van der Waals surface area contributed by atoms with Crippen molar-refractivity contribution in [1.82, 2.24) is 5.32 Å². The van der Waals surface area contributed by atoms with E-state index in [-0.39, 0.29) is 0 Å². The summed E-state index contributed by atoms with van der Waals surface area (Å²) in [5.41, 5.74) is -1.06. The van der Waals surface area contributed by atoms with Crippen LogP contribution in [0.4, 0.5) is 0 Å². The molecule has 432 valence electrons. The van der Waals surface area contributed by atoms with E-state index in [1.54, 1.807) is 13.8 Å². The van der Waals surface area contributed by atoms with E-state index in [9.17, 15) is 96.7 Å². The maximum absolute atomic E-state index is 12.3. The van der Waals surface area contributed by atoms with Crippen molar-refractivity contribution in [3.05, 3.63) is 0 Å². The van der Waals surface area contributed by atoms with Gasteiger partial charge in [0.25, 0.3) is 0 Å². The van der Waals surface area contributed by atoms with Gasteiger partial charge in [0.2, 0.25) is 11.7 Å². The second-order valence-electron chi connectivity index (χ2n) is 19.7. The first-order valence-corrected chi connectivity index (χ1v) is 25.6. The van der Waals surface area contributed by atoms with Crippen molar-refractivity contribution in [3.8, 4) is 0 Å². The van der Waals surface area contributed by atoms with Crippen LogP contribution >= 0.6 is 8.58 Å². The summed E-state index contributed by atoms with van der Waals surface area (Å²) >= 11 is 0. The van der Waals surface area contributed by atoms with Gasteiger partial charge in [-0.2, -0.15) is 0 Å². The second kappa shape index (κ2) is 26.4. The molecule has 6 saturated heterocycles. The summed E-state index contributed by atoms with van der Waals surface area (Å²) in [5.74, 6) is -6.57. The molecule has 6 rings (SSSR count). The van der Waals surface area contributed by atoms with E-state index in [0.717, 1.165) is 0 Å². The molecule has 6 heterocycles. The number of carbonyl (C=O) groups is 1. The lowest BCUT2D eigenvalue weighted by atomic mass is 9.87. The molecule has 30 nitrogen and oxygen atoms in total. The lowest BCUT2D eigenvalue weighted by Crippen LogP contribution is -2.66. The summed E-state index contributed by atoms with van der Waals surface area (Å²) in [6.07, 6.45) is -44.9. The zero-order chi connectivity index (χ0) is 54.8. The molecule has 0 saturated carbocycles. The number of hydrogen-bond acceptors (Lipinski definition) is 29. The predicted molar refractivity (Wildman–Crippen MR) is 240 cm³/mol. The van der Waals surface area contributed by atoms with E-state index in [1.165, 1.54) is 13.8 Å². The monoisotopic (exact) mass is 1100 g/mol. The summed E-state index contributed by atoms with van der Waals surface area (Å²) in [6.45, 7) is 0.381. The van der Waals surface area contributed by atoms with Crippen LogP contribution in [0.25, 0.3) is 0 Å². The van der Waals surface area contributed by atoms with E-state index in [4.69, 9.17) is 47.4 Å². The number of aliphatic hydroxyl groups excluding tert-OH is 18. The Kier molecular flexibility index (Phi) is 22.1. The fraction of sp³-hybridized carbons (Fsp3) is 0.977. The molecule has 6 aliphatic heterocycles. The molecule has 32 atom stereocenters. The van der Waals surface area contributed by atoms with Crippen molar-refractivity contribution in [2.75, 3.05) is 39.6 Å². The van der Waals surface area contributed by atoms with E-state index in [1.807, 2.05) is 0 Å². The smallest absolute Gasteiger partial charge is 0.224 e. The molecular weight excluding hydrogens is 1030 g/mol. The first kappa shape index (κ1) is 62.0. The molecule has 0 aromatic rings. The third-order valence-electron chi connectivity index (χ3n) is 14.7. The highest BCUT2D eigenvalue weighted by Gasteiger charge is 2.63. The molecular formula is C43H76NO29P. The van der Waals surface area contributed by atoms with Gasteiger partial charge >= 0.3 is 0 Å². The van der Waals surface area contributed by atoms with Crippen molar-refractivity contribution in [3.63, 3.8) is 0 Å². The van der Waals surface area contributed by atoms with Gasteiger partial charge in [0.1, 0.15) is 116 Å². The molecule has 1 amide bonds. The fourth-order valence-corrected chi connectivity index (χ4v) is 11.7. The normalized spacial score (nSPS) is 50.4. The Bertz CT molecular complexity index is 1750. The molecule has 0 aromatic heterocycles. The van der Waals surface area contributed by atoms with Gasteiger partial charge in [0, 0.05) is 24.4 Å². The Labute approximate surface area is 425 Å². The topological polar surface area (TPSA) is 486 Å². The fourth-order valence-electron chi connectivity index (χ4n) is 10.2. The maximum Gasteiger partial charge on any atom is 0.224 e. The number of nitrogens with one attached hydrogen (secondary N) is 1. The number of rotatable bonds is 20. The van der Waals surface area contributed by atoms with Crippen LogP contribution in [0.15, 0.2) is 0 Å². The third-order valence-corrected chi connectivity index (χ3v) is 16.5. The van der Waals surface area contributed by atoms with Crippen molar-refractivity contribution < 1.29 is 144 Å².